The van der Waals surface area contributed by atoms with Crippen molar-refractivity contribution in [2.45, 2.75) is 39.3 Å². The molecule has 6 rings (SSSR count). The van der Waals surface area contributed by atoms with Gasteiger partial charge in [0.15, 0.2) is 0 Å². The van der Waals surface area contributed by atoms with E-state index in [2.05, 4.69) is 17.5 Å². The van der Waals surface area contributed by atoms with Crippen molar-refractivity contribution in [3.05, 3.63) is 42.0 Å². The molecular formula is C24H26N2O5. The highest BCUT2D eigenvalue weighted by Crippen LogP contribution is 2.65. The van der Waals surface area contributed by atoms with Crippen LogP contribution >= 0.6 is 0 Å². The fraction of sp³-hybridized carbons (Fsp3) is 0.500. The summed E-state index contributed by atoms with van der Waals surface area (Å²) in [5.74, 6) is -0.592. The van der Waals surface area contributed by atoms with Crippen LogP contribution in [0.5, 0.6) is 0 Å². The lowest BCUT2D eigenvalue weighted by Crippen LogP contribution is -2.46. The van der Waals surface area contributed by atoms with Gasteiger partial charge in [0, 0.05) is 5.69 Å². The van der Waals surface area contributed by atoms with Gasteiger partial charge in [-0.1, -0.05) is 12.2 Å². The molecule has 1 aliphatic heterocycles. The molecule has 0 unspecified atom stereocenters. The molecule has 162 valence electrons. The number of ether oxygens (including phenoxy) is 1. The number of nitrogens with one attached hydrogen (secondary N) is 1. The average Bonchev–Trinajstić information content (AvgIpc) is 3.51. The molecule has 1 aromatic rings. The van der Waals surface area contributed by atoms with Gasteiger partial charge >= 0.3 is 5.97 Å². The van der Waals surface area contributed by atoms with Crippen LogP contribution in [0.15, 0.2) is 36.4 Å². The Labute approximate surface area is 180 Å². The Hall–Kier alpha value is -2.96. The molecule has 1 aromatic carbocycles. The first-order valence-electron chi connectivity index (χ1n) is 10.9. The van der Waals surface area contributed by atoms with Crippen LogP contribution in [-0.2, 0) is 19.1 Å². The number of allylic oxidation sites excluding steroid dienone is 2. The molecule has 7 heteroatoms. The lowest BCUT2D eigenvalue weighted by molar-refractivity contribution is -0.146. The summed E-state index contributed by atoms with van der Waals surface area (Å²) in [6, 6.07) is 5.45. The Kier molecular flexibility index (Phi) is 4.53. The van der Waals surface area contributed by atoms with Crippen LogP contribution in [0.2, 0.25) is 0 Å². The van der Waals surface area contributed by atoms with Gasteiger partial charge in [0.05, 0.1) is 23.5 Å². The number of anilines is 1. The van der Waals surface area contributed by atoms with Crippen LogP contribution in [0.3, 0.4) is 0 Å². The number of hydrogen-bond acceptors (Lipinski definition) is 5. The van der Waals surface area contributed by atoms with E-state index in [4.69, 9.17) is 4.74 Å². The number of benzene rings is 1. The summed E-state index contributed by atoms with van der Waals surface area (Å²) in [7, 11) is 0. The predicted molar refractivity (Wildman–Crippen MR) is 112 cm³/mol. The second kappa shape index (κ2) is 7.04. The number of carbonyl (C=O) groups excluding carboxylic acids is 4. The minimum atomic E-state index is -0.896. The van der Waals surface area contributed by atoms with Crippen molar-refractivity contribution < 1.29 is 23.9 Å². The first-order chi connectivity index (χ1) is 14.8. The van der Waals surface area contributed by atoms with Gasteiger partial charge in [-0.05, 0) is 75.1 Å². The summed E-state index contributed by atoms with van der Waals surface area (Å²) >= 11 is 0. The first kappa shape index (κ1) is 20.0. The summed E-state index contributed by atoms with van der Waals surface area (Å²) in [5, 5.41) is 2.75. The number of nitrogens with zero attached hydrogens (tertiary/aromatic N) is 1. The van der Waals surface area contributed by atoms with Gasteiger partial charge < -0.3 is 10.1 Å². The smallest absolute Gasteiger partial charge is 0.338 e. The van der Waals surface area contributed by atoms with Crippen molar-refractivity contribution in [2.24, 2.45) is 35.5 Å². The second-order valence-electron chi connectivity index (χ2n) is 9.40. The molecule has 3 amide bonds. The van der Waals surface area contributed by atoms with Crippen LogP contribution in [-0.4, -0.2) is 40.7 Å². The highest BCUT2D eigenvalue weighted by molar-refractivity contribution is 6.10. The summed E-state index contributed by atoms with van der Waals surface area (Å²) < 4.78 is 5.15. The Morgan fingerprint density at radius 3 is 2.03 bits per heavy atom. The molecule has 2 bridgehead atoms. The van der Waals surface area contributed by atoms with Gasteiger partial charge in [-0.15, -0.1) is 0 Å². The van der Waals surface area contributed by atoms with E-state index in [1.807, 2.05) is 0 Å². The Balaban J connectivity index is 1.27. The Morgan fingerprint density at radius 2 is 1.52 bits per heavy atom. The third-order valence-corrected chi connectivity index (χ3v) is 7.19. The zero-order valence-corrected chi connectivity index (χ0v) is 17.8. The van der Waals surface area contributed by atoms with Crippen LogP contribution in [0.25, 0.3) is 0 Å². The number of esters is 1. The molecule has 3 fully saturated rings. The minimum Gasteiger partial charge on any atom is -0.459 e. The fourth-order valence-corrected chi connectivity index (χ4v) is 5.70. The van der Waals surface area contributed by atoms with E-state index >= 15 is 0 Å². The minimum absolute atomic E-state index is 0.134. The van der Waals surface area contributed by atoms with Crippen LogP contribution in [0.4, 0.5) is 5.69 Å². The van der Waals surface area contributed by atoms with Gasteiger partial charge in [0.2, 0.25) is 17.7 Å². The summed E-state index contributed by atoms with van der Waals surface area (Å²) in [4.78, 5) is 52.3. The molecule has 1 saturated heterocycles. The molecule has 1 N–H and O–H groups in total. The summed E-state index contributed by atoms with van der Waals surface area (Å²) in [6.07, 6.45) is 5.12. The number of likely N-dealkylation sites (tertiary alicyclic amines) is 1. The van der Waals surface area contributed by atoms with Crippen LogP contribution in [0.1, 0.15) is 37.6 Å². The van der Waals surface area contributed by atoms with Crippen LogP contribution in [0, 0.1) is 35.5 Å². The van der Waals surface area contributed by atoms with Gasteiger partial charge in [-0.3, -0.25) is 19.3 Å². The molecule has 0 radical (unpaired) electrons. The largest absolute Gasteiger partial charge is 0.459 e. The quantitative estimate of drug-likeness (QED) is 0.447. The molecule has 31 heavy (non-hydrogen) atoms. The summed E-state index contributed by atoms with van der Waals surface area (Å²) in [6.45, 7) is 5.14. The zero-order chi connectivity index (χ0) is 22.0. The Bertz CT molecular complexity index is 962. The molecule has 0 aromatic heterocycles. The SMILES string of the molecule is CC(C)OC(=O)c1ccc(NC(=O)[C@@H](C)N2C(=O)[C@H]3[C@@H]4C=C[C@H]([C@H]5C[C@H]45)[C@@H]3C2=O)cc1. The lowest BCUT2D eigenvalue weighted by Gasteiger charge is -2.37. The molecule has 7 atom stereocenters. The maximum atomic E-state index is 13.1. The topological polar surface area (TPSA) is 92.8 Å². The maximum Gasteiger partial charge on any atom is 0.338 e. The average molecular weight is 422 g/mol. The molecule has 1 heterocycles. The highest BCUT2D eigenvalue weighted by Gasteiger charge is 2.67. The molecule has 7 nitrogen and oxygen atoms in total. The number of imide groups is 1. The van der Waals surface area contributed by atoms with E-state index in [0.717, 1.165) is 6.42 Å². The molecular weight excluding hydrogens is 396 g/mol. The van der Waals surface area contributed by atoms with E-state index in [1.165, 1.54) is 4.90 Å². The van der Waals surface area contributed by atoms with E-state index in [0.29, 0.717) is 23.1 Å². The van der Waals surface area contributed by atoms with Gasteiger partial charge in [-0.2, -0.15) is 0 Å². The van der Waals surface area contributed by atoms with Crippen LogP contribution < -0.4 is 5.32 Å². The third kappa shape index (κ3) is 3.09. The fourth-order valence-electron chi connectivity index (χ4n) is 5.70. The molecule has 0 spiro atoms. The van der Waals surface area contributed by atoms with Crippen molar-refractivity contribution >= 4 is 29.4 Å². The third-order valence-electron chi connectivity index (χ3n) is 7.19. The van der Waals surface area contributed by atoms with E-state index in [1.54, 1.807) is 45.0 Å². The predicted octanol–water partition coefficient (Wildman–Crippen LogP) is 2.63. The van der Waals surface area contributed by atoms with E-state index < -0.39 is 17.9 Å². The number of carbonyl (C=O) groups is 4. The van der Waals surface area contributed by atoms with Crippen molar-refractivity contribution in [1.82, 2.24) is 4.90 Å². The van der Waals surface area contributed by atoms with E-state index in [9.17, 15) is 19.2 Å². The van der Waals surface area contributed by atoms with Gasteiger partial charge in [0.25, 0.3) is 0 Å². The van der Waals surface area contributed by atoms with Crippen molar-refractivity contribution in [1.29, 1.82) is 0 Å². The van der Waals surface area contributed by atoms with Gasteiger partial charge in [-0.25, -0.2) is 4.79 Å². The van der Waals surface area contributed by atoms with Gasteiger partial charge in [0.1, 0.15) is 6.04 Å². The molecule has 2 saturated carbocycles. The normalized spacial score (nSPS) is 33.2. The van der Waals surface area contributed by atoms with Crippen molar-refractivity contribution in [3.8, 4) is 0 Å². The number of rotatable bonds is 5. The first-order valence-corrected chi connectivity index (χ1v) is 10.9. The van der Waals surface area contributed by atoms with E-state index in [-0.39, 0.29) is 41.6 Å². The number of amides is 3. The molecule has 4 aliphatic carbocycles. The maximum absolute atomic E-state index is 13.1. The summed E-state index contributed by atoms with van der Waals surface area (Å²) in [5.41, 5.74) is 0.868. The second-order valence-corrected chi connectivity index (χ2v) is 9.40. The molecule has 5 aliphatic rings. The lowest BCUT2D eigenvalue weighted by atomic mass is 9.63. The van der Waals surface area contributed by atoms with Crippen molar-refractivity contribution in [3.63, 3.8) is 0 Å². The highest BCUT2D eigenvalue weighted by atomic mass is 16.5. The zero-order valence-electron chi connectivity index (χ0n) is 17.8. The Morgan fingerprint density at radius 1 is 0.968 bits per heavy atom. The standard InChI is InChI=1S/C24H26N2O5/c1-11(2)31-24(30)13-4-6-14(7-5-13)25-21(27)12(3)26-22(28)19-15-8-9-16(18-10-17(15)18)20(19)23(26)29/h4-9,11-12,15-20H,10H2,1-3H3,(H,25,27)/t12-,15-,16-,17-,18-,19+,20+/m1/s1. The number of hydrogen-bond donors (Lipinski definition) is 1. The monoisotopic (exact) mass is 422 g/mol. The van der Waals surface area contributed by atoms with Crippen molar-refractivity contribution in [2.75, 3.05) is 5.32 Å².